The van der Waals surface area contributed by atoms with Gasteiger partial charge in [-0.1, -0.05) is 6.92 Å². The zero-order valence-corrected chi connectivity index (χ0v) is 13.0. The molecule has 4 nitrogen and oxygen atoms in total. The van der Waals surface area contributed by atoms with Gasteiger partial charge in [0.05, 0.1) is 11.6 Å². The SMILES string of the molecule is C[C@H](N(C)C[C@@H](O)COc1ccc(C#N)cc1)C1(C)CC1. The zero-order valence-electron chi connectivity index (χ0n) is 13.0. The standard InChI is InChI=1S/C17H24N2O2/c1-13(17(2)8-9-17)19(3)11-15(20)12-21-16-6-4-14(10-18)5-7-16/h4-7,13,15,20H,8-9,11-12H2,1-3H3/t13-,15+/m0/s1. The Balaban J connectivity index is 1.76. The molecule has 114 valence electrons. The van der Waals surface area contributed by atoms with E-state index in [9.17, 15) is 5.11 Å². The van der Waals surface area contributed by atoms with Crippen molar-refractivity contribution < 1.29 is 9.84 Å². The van der Waals surface area contributed by atoms with Crippen LogP contribution in [0.3, 0.4) is 0 Å². The van der Waals surface area contributed by atoms with Crippen molar-refractivity contribution in [2.24, 2.45) is 5.41 Å². The molecule has 0 aromatic heterocycles. The Hall–Kier alpha value is -1.57. The summed E-state index contributed by atoms with van der Waals surface area (Å²) in [5, 5.41) is 18.8. The van der Waals surface area contributed by atoms with Crippen LogP contribution in [0.4, 0.5) is 0 Å². The molecule has 0 amide bonds. The van der Waals surface area contributed by atoms with Gasteiger partial charge in [0.15, 0.2) is 0 Å². The first-order chi connectivity index (χ1) is 9.94. The topological polar surface area (TPSA) is 56.5 Å². The fourth-order valence-corrected chi connectivity index (χ4v) is 2.51. The molecule has 0 saturated heterocycles. The molecule has 2 rings (SSSR count). The molecule has 0 spiro atoms. The van der Waals surface area contributed by atoms with Gasteiger partial charge >= 0.3 is 0 Å². The first kappa shape index (κ1) is 15.8. The van der Waals surface area contributed by atoms with Crippen LogP contribution in [0.2, 0.25) is 0 Å². The lowest BCUT2D eigenvalue weighted by Crippen LogP contribution is -2.41. The normalized spacial score (nSPS) is 18.9. The Morgan fingerprint density at radius 3 is 2.52 bits per heavy atom. The van der Waals surface area contributed by atoms with Crippen LogP contribution < -0.4 is 4.74 Å². The van der Waals surface area contributed by atoms with E-state index < -0.39 is 6.10 Å². The van der Waals surface area contributed by atoms with Crippen LogP contribution in [-0.2, 0) is 0 Å². The van der Waals surface area contributed by atoms with Crippen LogP contribution >= 0.6 is 0 Å². The predicted octanol–water partition coefficient (Wildman–Crippen LogP) is 2.42. The number of hydrogen-bond donors (Lipinski definition) is 1. The molecule has 1 fully saturated rings. The molecular weight excluding hydrogens is 264 g/mol. The molecule has 2 atom stereocenters. The third-order valence-electron chi connectivity index (χ3n) is 4.63. The van der Waals surface area contributed by atoms with Gasteiger partial charge in [-0.2, -0.15) is 5.26 Å². The van der Waals surface area contributed by atoms with Gasteiger partial charge < -0.3 is 14.7 Å². The number of benzene rings is 1. The van der Waals surface area contributed by atoms with Gasteiger partial charge in [0.1, 0.15) is 18.5 Å². The number of ether oxygens (including phenoxy) is 1. The summed E-state index contributed by atoms with van der Waals surface area (Å²) >= 11 is 0. The number of rotatable bonds is 7. The minimum atomic E-state index is -0.518. The zero-order chi connectivity index (χ0) is 15.5. The number of hydrogen-bond acceptors (Lipinski definition) is 4. The molecule has 1 saturated carbocycles. The molecule has 21 heavy (non-hydrogen) atoms. The maximum absolute atomic E-state index is 10.1. The second-order valence-electron chi connectivity index (χ2n) is 6.37. The first-order valence-electron chi connectivity index (χ1n) is 7.46. The fraction of sp³-hybridized carbons (Fsp3) is 0.588. The molecule has 1 aromatic rings. The van der Waals surface area contributed by atoms with Crippen LogP contribution in [0.25, 0.3) is 0 Å². The molecule has 1 aromatic carbocycles. The van der Waals surface area contributed by atoms with Crippen molar-refractivity contribution in [1.29, 1.82) is 5.26 Å². The van der Waals surface area contributed by atoms with Crippen molar-refractivity contribution in [2.45, 2.75) is 38.8 Å². The molecule has 0 bridgehead atoms. The van der Waals surface area contributed by atoms with Crippen LogP contribution in [0.5, 0.6) is 5.75 Å². The Kier molecular flexibility index (Phi) is 4.87. The van der Waals surface area contributed by atoms with E-state index in [4.69, 9.17) is 10.00 Å². The molecular formula is C17H24N2O2. The molecule has 0 radical (unpaired) electrons. The summed E-state index contributed by atoms with van der Waals surface area (Å²) in [5.74, 6) is 0.679. The molecule has 0 heterocycles. The monoisotopic (exact) mass is 288 g/mol. The lowest BCUT2D eigenvalue weighted by molar-refractivity contribution is 0.0540. The average molecular weight is 288 g/mol. The van der Waals surface area contributed by atoms with E-state index in [0.717, 1.165) is 0 Å². The van der Waals surface area contributed by atoms with Crippen molar-refractivity contribution in [1.82, 2.24) is 4.90 Å². The van der Waals surface area contributed by atoms with Crippen LogP contribution in [0.15, 0.2) is 24.3 Å². The van der Waals surface area contributed by atoms with Crippen LogP contribution in [0.1, 0.15) is 32.3 Å². The molecule has 4 heteroatoms. The lowest BCUT2D eigenvalue weighted by Gasteiger charge is -2.31. The van der Waals surface area contributed by atoms with Gasteiger partial charge in [-0.15, -0.1) is 0 Å². The van der Waals surface area contributed by atoms with Crippen molar-refractivity contribution in [2.75, 3.05) is 20.2 Å². The highest BCUT2D eigenvalue weighted by Gasteiger charge is 2.44. The predicted molar refractivity (Wildman–Crippen MR) is 82.1 cm³/mol. The van der Waals surface area contributed by atoms with E-state index in [1.165, 1.54) is 12.8 Å². The number of nitrogens with zero attached hydrogens (tertiary/aromatic N) is 2. The summed E-state index contributed by atoms with van der Waals surface area (Å²) in [6.07, 6.45) is 2.03. The minimum Gasteiger partial charge on any atom is -0.491 e. The fourth-order valence-electron chi connectivity index (χ4n) is 2.51. The maximum atomic E-state index is 10.1. The number of aliphatic hydroxyl groups is 1. The lowest BCUT2D eigenvalue weighted by atomic mass is 9.99. The Bertz CT molecular complexity index is 503. The summed E-state index contributed by atoms with van der Waals surface area (Å²) in [7, 11) is 2.05. The summed E-state index contributed by atoms with van der Waals surface area (Å²) in [4.78, 5) is 2.21. The van der Waals surface area contributed by atoms with Crippen molar-refractivity contribution in [3.8, 4) is 11.8 Å². The second kappa shape index (κ2) is 6.46. The number of aliphatic hydroxyl groups excluding tert-OH is 1. The van der Waals surface area contributed by atoms with Gasteiger partial charge in [-0.05, 0) is 56.5 Å². The van der Waals surface area contributed by atoms with Gasteiger partial charge in [-0.3, -0.25) is 0 Å². The van der Waals surface area contributed by atoms with Gasteiger partial charge in [0.2, 0.25) is 0 Å². The van der Waals surface area contributed by atoms with E-state index in [1.807, 2.05) is 0 Å². The highest BCUT2D eigenvalue weighted by atomic mass is 16.5. The third-order valence-corrected chi connectivity index (χ3v) is 4.63. The summed E-state index contributed by atoms with van der Waals surface area (Å²) in [6, 6.07) is 9.47. The summed E-state index contributed by atoms with van der Waals surface area (Å²) in [6.45, 7) is 5.39. The largest absolute Gasteiger partial charge is 0.491 e. The van der Waals surface area contributed by atoms with Crippen molar-refractivity contribution >= 4 is 0 Å². The summed E-state index contributed by atoms with van der Waals surface area (Å²) in [5.41, 5.74) is 1.02. The second-order valence-corrected chi connectivity index (χ2v) is 6.37. The van der Waals surface area contributed by atoms with E-state index in [2.05, 4.69) is 31.9 Å². The van der Waals surface area contributed by atoms with E-state index in [0.29, 0.717) is 29.3 Å². The highest BCUT2D eigenvalue weighted by molar-refractivity contribution is 5.34. The number of likely N-dealkylation sites (N-methyl/N-ethyl adjacent to an activating group) is 1. The first-order valence-corrected chi connectivity index (χ1v) is 7.46. The minimum absolute atomic E-state index is 0.264. The molecule has 1 aliphatic carbocycles. The quantitative estimate of drug-likeness (QED) is 0.837. The van der Waals surface area contributed by atoms with Crippen molar-refractivity contribution in [3.05, 3.63) is 29.8 Å². The van der Waals surface area contributed by atoms with Gasteiger partial charge in [0.25, 0.3) is 0 Å². The van der Waals surface area contributed by atoms with Gasteiger partial charge in [0, 0.05) is 12.6 Å². The maximum Gasteiger partial charge on any atom is 0.119 e. The van der Waals surface area contributed by atoms with E-state index in [-0.39, 0.29) is 6.61 Å². The number of nitriles is 1. The molecule has 0 unspecified atom stereocenters. The smallest absolute Gasteiger partial charge is 0.119 e. The Labute approximate surface area is 127 Å². The average Bonchev–Trinajstić information content (AvgIpc) is 3.23. The van der Waals surface area contributed by atoms with Crippen LogP contribution in [-0.4, -0.2) is 42.4 Å². The Morgan fingerprint density at radius 2 is 2.00 bits per heavy atom. The molecule has 0 aliphatic heterocycles. The Morgan fingerprint density at radius 1 is 1.38 bits per heavy atom. The van der Waals surface area contributed by atoms with Gasteiger partial charge in [-0.25, -0.2) is 0 Å². The van der Waals surface area contributed by atoms with E-state index in [1.54, 1.807) is 24.3 Å². The van der Waals surface area contributed by atoms with Crippen LogP contribution in [0, 0.1) is 16.7 Å². The molecule has 1 N–H and O–H groups in total. The molecule has 1 aliphatic rings. The highest BCUT2D eigenvalue weighted by Crippen LogP contribution is 2.49. The summed E-state index contributed by atoms with van der Waals surface area (Å²) < 4.78 is 5.56. The third kappa shape index (κ3) is 4.20. The van der Waals surface area contributed by atoms with E-state index >= 15 is 0 Å². The van der Waals surface area contributed by atoms with Crippen molar-refractivity contribution in [3.63, 3.8) is 0 Å².